The molecule has 1 aliphatic rings. The van der Waals surface area contributed by atoms with E-state index in [1.54, 1.807) is 16.9 Å². The molecule has 24 heavy (non-hydrogen) atoms. The molecule has 2 aromatic rings. The quantitative estimate of drug-likeness (QED) is 0.693. The third-order valence-corrected chi connectivity index (χ3v) is 4.37. The first-order valence-electron chi connectivity index (χ1n) is 8.02. The standard InChI is InChI=1S/C16H21N5O3/c1-21-9-11(8-17-21)16(10-6-13(22)7-10)18-14(23)4-2-12-3-5-15(24)20-19-12/h3,5,8-10,13,16,22H,2,4,6-7H2,1H3,(H,18,23)(H,20,24). The van der Waals surface area contributed by atoms with Crippen LogP contribution in [0.3, 0.4) is 0 Å². The SMILES string of the molecule is Cn1cc(C(NC(=O)CCc2ccc(=O)[nH]n2)C2CC(O)C2)cn1. The number of amides is 1. The fourth-order valence-electron chi connectivity index (χ4n) is 2.98. The Morgan fingerprint density at radius 2 is 2.29 bits per heavy atom. The predicted octanol–water partition coefficient (Wildman–Crippen LogP) is 0.0644. The van der Waals surface area contributed by atoms with E-state index in [0.29, 0.717) is 25.0 Å². The highest BCUT2D eigenvalue weighted by atomic mass is 16.3. The molecule has 0 aromatic carbocycles. The lowest BCUT2D eigenvalue weighted by Gasteiger charge is -2.37. The molecule has 3 rings (SSSR count). The smallest absolute Gasteiger partial charge is 0.264 e. The normalized spacial score (nSPS) is 21.1. The van der Waals surface area contributed by atoms with Gasteiger partial charge in [0.25, 0.3) is 5.56 Å². The molecule has 0 aliphatic heterocycles. The summed E-state index contributed by atoms with van der Waals surface area (Å²) in [5, 5.41) is 23.0. The Bertz CT molecular complexity index is 743. The lowest BCUT2D eigenvalue weighted by Crippen LogP contribution is -2.41. The largest absolute Gasteiger partial charge is 0.393 e. The van der Waals surface area contributed by atoms with Gasteiger partial charge in [0.15, 0.2) is 0 Å². The van der Waals surface area contributed by atoms with Crippen molar-refractivity contribution in [1.82, 2.24) is 25.3 Å². The van der Waals surface area contributed by atoms with Gasteiger partial charge in [0.05, 0.1) is 24.0 Å². The second-order valence-corrected chi connectivity index (χ2v) is 6.29. The van der Waals surface area contributed by atoms with Gasteiger partial charge >= 0.3 is 0 Å². The molecule has 1 aliphatic carbocycles. The molecule has 2 aromatic heterocycles. The van der Waals surface area contributed by atoms with Crippen LogP contribution in [0.25, 0.3) is 0 Å². The van der Waals surface area contributed by atoms with Crippen molar-refractivity contribution in [3.63, 3.8) is 0 Å². The number of carbonyl (C=O) groups is 1. The number of rotatable bonds is 6. The van der Waals surface area contributed by atoms with Crippen LogP contribution in [0.5, 0.6) is 0 Å². The number of hydrogen-bond acceptors (Lipinski definition) is 5. The Morgan fingerprint density at radius 3 is 2.88 bits per heavy atom. The van der Waals surface area contributed by atoms with Gasteiger partial charge in [-0.15, -0.1) is 0 Å². The van der Waals surface area contributed by atoms with Crippen LogP contribution in [0.4, 0.5) is 0 Å². The first-order chi connectivity index (χ1) is 11.5. The Morgan fingerprint density at radius 1 is 1.50 bits per heavy atom. The number of nitrogens with zero attached hydrogens (tertiary/aromatic N) is 3. The van der Waals surface area contributed by atoms with Gasteiger partial charge in [0, 0.05) is 37.7 Å². The summed E-state index contributed by atoms with van der Waals surface area (Å²) in [6.45, 7) is 0. The van der Waals surface area contributed by atoms with Crippen LogP contribution in [0.1, 0.15) is 36.6 Å². The minimum atomic E-state index is -0.281. The number of carbonyl (C=O) groups excluding carboxylic acids is 1. The van der Waals surface area contributed by atoms with Gasteiger partial charge in [0.2, 0.25) is 5.91 Å². The van der Waals surface area contributed by atoms with E-state index in [2.05, 4.69) is 20.6 Å². The van der Waals surface area contributed by atoms with Crippen molar-refractivity contribution < 1.29 is 9.90 Å². The summed E-state index contributed by atoms with van der Waals surface area (Å²) in [6, 6.07) is 2.87. The number of hydrogen-bond donors (Lipinski definition) is 3. The van der Waals surface area contributed by atoms with Gasteiger partial charge in [-0.3, -0.25) is 14.3 Å². The molecule has 128 valence electrons. The fourth-order valence-corrected chi connectivity index (χ4v) is 2.98. The summed E-state index contributed by atoms with van der Waals surface area (Å²) in [5.74, 6) is 0.137. The van der Waals surface area contributed by atoms with Gasteiger partial charge in [0.1, 0.15) is 0 Å². The van der Waals surface area contributed by atoms with Crippen LogP contribution >= 0.6 is 0 Å². The molecular formula is C16H21N5O3. The van der Waals surface area contributed by atoms with Gasteiger partial charge in [-0.1, -0.05) is 0 Å². The molecule has 1 saturated carbocycles. The number of nitrogens with one attached hydrogen (secondary N) is 2. The van der Waals surface area contributed by atoms with Crippen LogP contribution in [-0.4, -0.2) is 37.1 Å². The van der Waals surface area contributed by atoms with Crippen LogP contribution in [0.2, 0.25) is 0 Å². The maximum absolute atomic E-state index is 12.3. The van der Waals surface area contributed by atoms with Gasteiger partial charge < -0.3 is 10.4 Å². The first kappa shape index (κ1) is 16.4. The number of aromatic amines is 1. The first-order valence-corrected chi connectivity index (χ1v) is 8.02. The van der Waals surface area contributed by atoms with E-state index >= 15 is 0 Å². The van der Waals surface area contributed by atoms with Gasteiger partial charge in [-0.05, 0) is 24.8 Å². The maximum atomic E-state index is 12.3. The number of aliphatic hydroxyl groups excluding tert-OH is 1. The minimum absolute atomic E-state index is 0.0850. The summed E-state index contributed by atoms with van der Waals surface area (Å²) in [4.78, 5) is 23.3. The molecule has 1 fully saturated rings. The predicted molar refractivity (Wildman–Crippen MR) is 86.0 cm³/mol. The van der Waals surface area contributed by atoms with Gasteiger partial charge in [-0.25, -0.2) is 5.10 Å². The van der Waals surface area contributed by atoms with Crippen molar-refractivity contribution in [2.45, 2.75) is 37.8 Å². The number of aliphatic hydroxyl groups is 1. The zero-order valence-electron chi connectivity index (χ0n) is 13.5. The molecule has 1 unspecified atom stereocenters. The summed E-state index contributed by atoms with van der Waals surface area (Å²) < 4.78 is 1.70. The van der Waals surface area contributed by atoms with Crippen molar-refractivity contribution in [1.29, 1.82) is 0 Å². The molecule has 1 amide bonds. The summed E-state index contributed by atoms with van der Waals surface area (Å²) >= 11 is 0. The molecule has 3 N–H and O–H groups in total. The highest BCUT2D eigenvalue weighted by Gasteiger charge is 2.36. The highest BCUT2D eigenvalue weighted by Crippen LogP contribution is 2.37. The molecule has 1 atom stereocenters. The number of aromatic nitrogens is 4. The van der Waals surface area contributed by atoms with E-state index in [9.17, 15) is 14.7 Å². The topological polar surface area (TPSA) is 113 Å². The Kier molecular flexibility index (Phi) is 4.75. The second kappa shape index (κ2) is 6.96. The molecular weight excluding hydrogens is 310 g/mol. The molecule has 0 spiro atoms. The molecule has 2 heterocycles. The fraction of sp³-hybridized carbons (Fsp3) is 0.500. The van der Waals surface area contributed by atoms with Crippen molar-refractivity contribution in [3.8, 4) is 0 Å². The number of H-pyrrole nitrogens is 1. The zero-order chi connectivity index (χ0) is 17.1. The average Bonchev–Trinajstić information content (AvgIpc) is 2.96. The lowest BCUT2D eigenvalue weighted by molar-refractivity contribution is -0.123. The third-order valence-electron chi connectivity index (χ3n) is 4.37. The summed E-state index contributed by atoms with van der Waals surface area (Å²) in [7, 11) is 1.83. The molecule has 8 heteroatoms. The lowest BCUT2D eigenvalue weighted by atomic mass is 9.75. The van der Waals surface area contributed by atoms with Crippen molar-refractivity contribution in [3.05, 3.63) is 46.1 Å². The van der Waals surface area contributed by atoms with Crippen molar-refractivity contribution in [2.24, 2.45) is 13.0 Å². The van der Waals surface area contributed by atoms with Gasteiger partial charge in [-0.2, -0.15) is 10.2 Å². The van der Waals surface area contributed by atoms with Crippen LogP contribution in [0, 0.1) is 5.92 Å². The van der Waals surface area contributed by atoms with E-state index < -0.39 is 0 Å². The van der Waals surface area contributed by atoms with E-state index in [4.69, 9.17) is 0 Å². The monoisotopic (exact) mass is 331 g/mol. The zero-order valence-corrected chi connectivity index (χ0v) is 13.5. The van der Waals surface area contributed by atoms with Crippen LogP contribution in [-0.2, 0) is 18.3 Å². The van der Waals surface area contributed by atoms with E-state index in [0.717, 1.165) is 5.56 Å². The minimum Gasteiger partial charge on any atom is -0.393 e. The highest BCUT2D eigenvalue weighted by molar-refractivity contribution is 5.76. The second-order valence-electron chi connectivity index (χ2n) is 6.29. The maximum Gasteiger partial charge on any atom is 0.264 e. The molecule has 8 nitrogen and oxygen atoms in total. The van der Waals surface area contributed by atoms with Crippen LogP contribution in [0.15, 0.2) is 29.3 Å². The summed E-state index contributed by atoms with van der Waals surface area (Å²) in [5.41, 5.74) is 1.36. The Balaban J connectivity index is 1.60. The average molecular weight is 331 g/mol. The molecule has 0 saturated heterocycles. The van der Waals surface area contributed by atoms with E-state index in [1.165, 1.54) is 6.07 Å². The molecule has 0 bridgehead atoms. The molecule has 0 radical (unpaired) electrons. The Labute approximate surface area is 138 Å². The van der Waals surface area contributed by atoms with Crippen LogP contribution < -0.4 is 10.9 Å². The van der Waals surface area contributed by atoms with Crippen molar-refractivity contribution >= 4 is 5.91 Å². The van der Waals surface area contributed by atoms with E-state index in [-0.39, 0.29) is 36.0 Å². The number of aryl methyl sites for hydroxylation is 2. The van der Waals surface area contributed by atoms with E-state index in [1.807, 2.05) is 13.2 Å². The summed E-state index contributed by atoms with van der Waals surface area (Å²) in [6.07, 6.45) is 5.46. The third kappa shape index (κ3) is 3.88. The van der Waals surface area contributed by atoms with Crippen molar-refractivity contribution in [2.75, 3.05) is 0 Å². The Hall–Kier alpha value is -2.48.